The van der Waals surface area contributed by atoms with Crippen LogP contribution in [0.1, 0.15) is 27.3 Å². The van der Waals surface area contributed by atoms with Crippen molar-refractivity contribution in [3.05, 3.63) is 74.9 Å². The first-order chi connectivity index (χ1) is 12.0. The molecule has 2 aromatic rings. The number of benzene rings is 1. The summed E-state index contributed by atoms with van der Waals surface area (Å²) in [6.45, 7) is 1.67. The summed E-state index contributed by atoms with van der Waals surface area (Å²) in [5.41, 5.74) is -1.80. The first-order valence-corrected chi connectivity index (χ1v) is 8.49. The van der Waals surface area contributed by atoms with E-state index in [-0.39, 0.29) is 41.3 Å². The normalized spacial score (nSPS) is 11.9. The summed E-state index contributed by atoms with van der Waals surface area (Å²) in [4.78, 5) is 15.9. The molecule has 1 aromatic carbocycles. The number of halogens is 4. The van der Waals surface area contributed by atoms with Crippen LogP contribution < -0.4 is 29.6 Å². The van der Waals surface area contributed by atoms with Gasteiger partial charge in [0.15, 0.2) is 0 Å². The summed E-state index contributed by atoms with van der Waals surface area (Å²) in [5.74, 6) is -2.87. The van der Waals surface area contributed by atoms with Gasteiger partial charge in [0.25, 0.3) is 0 Å². The van der Waals surface area contributed by atoms with E-state index < -0.39 is 39.1 Å². The Labute approximate surface area is 174 Å². The molecule has 0 unspecified atom stereocenters. The van der Waals surface area contributed by atoms with Crippen molar-refractivity contribution in [2.45, 2.75) is 13.1 Å². The minimum Gasteiger partial charge on any atom is -0.538 e. The Hall–Kier alpha value is -1.75. The summed E-state index contributed by atoms with van der Waals surface area (Å²) in [7, 11) is -4.52. The fraction of sp³-hybridized carbons (Fsp3) is 0.125. The van der Waals surface area contributed by atoms with Crippen molar-refractivity contribution < 1.29 is 60.3 Å². The minimum atomic E-state index is -5.05. The fourth-order valence-corrected chi connectivity index (χ4v) is 2.65. The van der Waals surface area contributed by atoms with E-state index in [2.05, 4.69) is 9.71 Å². The molecule has 0 fully saturated rings. The van der Waals surface area contributed by atoms with Crippen molar-refractivity contribution in [1.82, 2.24) is 4.98 Å². The maximum absolute atomic E-state index is 13.0. The first kappa shape index (κ1) is 23.3. The van der Waals surface area contributed by atoms with E-state index in [1.807, 2.05) is 0 Å². The molecule has 27 heavy (non-hydrogen) atoms. The number of alkyl halides is 3. The molecule has 5 nitrogen and oxygen atoms in total. The summed E-state index contributed by atoms with van der Waals surface area (Å²) in [6, 6.07) is 6.02. The van der Waals surface area contributed by atoms with Gasteiger partial charge in [0.05, 0.1) is 17.2 Å². The first-order valence-electron chi connectivity index (χ1n) is 6.99. The van der Waals surface area contributed by atoms with Crippen LogP contribution in [0.5, 0.6) is 0 Å². The monoisotopic (exact) mass is 410 g/mol. The average Bonchev–Trinajstić information content (AvgIpc) is 2.52. The van der Waals surface area contributed by atoms with E-state index in [4.69, 9.17) is 0 Å². The number of hydrogen-bond acceptors (Lipinski definition) is 4. The van der Waals surface area contributed by atoms with E-state index in [1.165, 1.54) is 6.07 Å². The van der Waals surface area contributed by atoms with Gasteiger partial charge >= 0.3 is 35.7 Å². The third-order valence-corrected chi connectivity index (χ3v) is 3.95. The molecule has 0 radical (unpaired) electrons. The number of carbonyl (C=O) groups excluding carboxylic acids is 1. The van der Waals surface area contributed by atoms with Crippen molar-refractivity contribution in [2.75, 3.05) is 0 Å². The van der Waals surface area contributed by atoms with Gasteiger partial charge in [0, 0.05) is 16.7 Å². The van der Waals surface area contributed by atoms with Gasteiger partial charge in [-0.25, -0.2) is 12.8 Å². The molecule has 1 aromatic heterocycles. The number of sulfonamides is 1. The van der Waals surface area contributed by atoms with Crippen LogP contribution >= 0.6 is 0 Å². The molecule has 2 rings (SSSR count). The van der Waals surface area contributed by atoms with Crippen LogP contribution in [0.15, 0.2) is 41.8 Å². The molecule has 0 aliphatic heterocycles. The number of pyridine rings is 1. The van der Waals surface area contributed by atoms with Crippen molar-refractivity contribution in [3.63, 3.8) is 0 Å². The van der Waals surface area contributed by atoms with Crippen molar-refractivity contribution >= 4 is 22.0 Å². The summed E-state index contributed by atoms with van der Waals surface area (Å²) in [6.07, 6.45) is -4.00. The number of nitrogens with zero attached hydrogens (tertiary/aromatic N) is 2. The molecule has 0 N–H and O–H groups in total. The number of rotatable bonds is 4. The second kappa shape index (κ2) is 8.96. The molecular weight excluding hydrogens is 399 g/mol. The SMILES string of the molecule is Cc1cccc(/C=C/S(=O)(=O)[N-]C(=O)c2ccc(F)cc2C(F)(F)F)n1.[Na+]. The Bertz CT molecular complexity index is 976. The molecule has 1 amide bonds. The number of hydrogen-bond donors (Lipinski definition) is 0. The Balaban J connectivity index is 0.00000364. The average molecular weight is 410 g/mol. The number of aromatic nitrogens is 1. The van der Waals surface area contributed by atoms with Crippen molar-refractivity contribution in [3.8, 4) is 0 Å². The minimum absolute atomic E-state index is 0. The molecule has 0 bridgehead atoms. The number of carbonyl (C=O) groups is 1. The standard InChI is InChI=1S/C16H12F4N2O3S.Na/c1-10-3-2-4-12(21-10)7-8-26(24,25)22-15(23)13-6-5-11(17)9-14(13)16(18,19)20;/h2-9H,1H3,(H,22,23);/q;+1/p-1/b8-7+;. The predicted molar refractivity (Wildman–Crippen MR) is 86.0 cm³/mol. The molecule has 0 aliphatic rings. The molecular formula is C16H11F4N2NaO3S. The molecule has 0 atom stereocenters. The van der Waals surface area contributed by atoms with Crippen molar-refractivity contribution in [2.24, 2.45) is 0 Å². The van der Waals surface area contributed by atoms with Gasteiger partial charge in [-0.2, -0.15) is 13.2 Å². The molecule has 0 saturated heterocycles. The molecule has 0 aliphatic carbocycles. The van der Waals surface area contributed by atoms with Crippen LogP contribution in [-0.2, 0) is 16.2 Å². The van der Waals surface area contributed by atoms with Gasteiger partial charge in [-0.15, -0.1) is 0 Å². The van der Waals surface area contributed by atoms with E-state index in [0.717, 1.165) is 6.08 Å². The summed E-state index contributed by atoms with van der Waals surface area (Å²) >= 11 is 0. The molecule has 11 heteroatoms. The quantitative estimate of drug-likeness (QED) is 0.558. The predicted octanol–water partition coefficient (Wildman–Crippen LogP) is 1.07. The van der Waals surface area contributed by atoms with E-state index in [9.17, 15) is 30.8 Å². The maximum atomic E-state index is 13.0. The van der Waals surface area contributed by atoms with Crippen LogP contribution in [0.25, 0.3) is 10.8 Å². The Kier molecular flexibility index (Phi) is 7.73. The molecule has 0 saturated carbocycles. The van der Waals surface area contributed by atoms with Crippen LogP contribution in [0, 0.1) is 12.7 Å². The van der Waals surface area contributed by atoms with Gasteiger partial charge in [-0.05, 0) is 43.3 Å². The summed E-state index contributed by atoms with van der Waals surface area (Å²) in [5, 5.41) is 0.545. The zero-order chi connectivity index (χ0) is 19.5. The Morgan fingerprint density at radius 3 is 2.44 bits per heavy atom. The maximum Gasteiger partial charge on any atom is 1.00 e. The summed E-state index contributed by atoms with van der Waals surface area (Å²) < 4.78 is 78.2. The molecule has 1 heterocycles. The third kappa shape index (κ3) is 6.73. The molecule has 0 spiro atoms. The van der Waals surface area contributed by atoms with Gasteiger partial charge in [0.1, 0.15) is 15.8 Å². The van der Waals surface area contributed by atoms with Crippen LogP contribution in [0.3, 0.4) is 0 Å². The van der Waals surface area contributed by atoms with E-state index in [0.29, 0.717) is 23.2 Å². The van der Waals surface area contributed by atoms with Crippen LogP contribution in [0.2, 0.25) is 0 Å². The van der Waals surface area contributed by atoms with E-state index in [1.54, 1.807) is 19.1 Å². The van der Waals surface area contributed by atoms with E-state index >= 15 is 0 Å². The smallest absolute Gasteiger partial charge is 0.538 e. The van der Waals surface area contributed by atoms with Crippen molar-refractivity contribution in [1.29, 1.82) is 0 Å². The largest absolute Gasteiger partial charge is 1.00 e. The Morgan fingerprint density at radius 2 is 1.85 bits per heavy atom. The third-order valence-electron chi connectivity index (χ3n) is 3.05. The fourth-order valence-electron chi connectivity index (χ4n) is 1.95. The zero-order valence-corrected chi connectivity index (χ0v) is 17.0. The second-order valence-electron chi connectivity index (χ2n) is 5.11. The zero-order valence-electron chi connectivity index (χ0n) is 14.2. The van der Waals surface area contributed by atoms with Gasteiger partial charge in [-0.1, -0.05) is 6.07 Å². The Morgan fingerprint density at radius 1 is 1.19 bits per heavy atom. The van der Waals surface area contributed by atoms with Gasteiger partial charge < -0.3 is 9.52 Å². The second-order valence-corrected chi connectivity index (χ2v) is 6.59. The van der Waals surface area contributed by atoms with Crippen LogP contribution in [-0.4, -0.2) is 19.3 Å². The topological polar surface area (TPSA) is 78.2 Å². The molecule has 138 valence electrons. The van der Waals surface area contributed by atoms with Gasteiger partial charge in [-0.3, -0.25) is 4.98 Å². The van der Waals surface area contributed by atoms with Gasteiger partial charge in [0.2, 0.25) is 0 Å². The number of amides is 1. The number of aryl methyl sites for hydroxylation is 1. The van der Waals surface area contributed by atoms with Crippen LogP contribution in [0.4, 0.5) is 17.6 Å².